The fourth-order valence-corrected chi connectivity index (χ4v) is 2.59. The fraction of sp³-hybridized carbons (Fsp3) is 0.0455. The number of pyridine rings is 1. The zero-order valence-corrected chi connectivity index (χ0v) is 16.2. The van der Waals surface area contributed by atoms with Crippen molar-refractivity contribution in [1.29, 1.82) is 5.26 Å². The van der Waals surface area contributed by atoms with E-state index in [0.717, 1.165) is 0 Å². The van der Waals surface area contributed by atoms with Gasteiger partial charge in [0.1, 0.15) is 17.9 Å². The Labute approximate surface area is 176 Å². The van der Waals surface area contributed by atoms with Crippen molar-refractivity contribution >= 4 is 28.7 Å². The van der Waals surface area contributed by atoms with Gasteiger partial charge in [-0.3, -0.25) is 0 Å². The molecule has 0 bridgehead atoms. The van der Waals surface area contributed by atoms with Gasteiger partial charge < -0.3 is 9.47 Å². The molecule has 0 fully saturated rings. The molecule has 0 atom stereocenters. The summed E-state index contributed by atoms with van der Waals surface area (Å²) in [6.45, 7) is 0. The van der Waals surface area contributed by atoms with Gasteiger partial charge in [-0.25, -0.2) is 19.3 Å². The predicted molar refractivity (Wildman–Crippen MR) is 111 cm³/mol. The van der Waals surface area contributed by atoms with Crippen LogP contribution in [0.5, 0.6) is 17.4 Å². The summed E-state index contributed by atoms with van der Waals surface area (Å²) in [6, 6.07) is 18.7. The maximum atomic E-state index is 13.5. The zero-order chi connectivity index (χ0) is 21.6. The predicted octanol–water partition coefficient (Wildman–Crippen LogP) is 4.97. The molecular weight excluding hydrogens is 399 g/mol. The number of hydrogen-bond acceptors (Lipinski definition) is 8. The van der Waals surface area contributed by atoms with Gasteiger partial charge in [0.15, 0.2) is 17.3 Å². The third-order valence-corrected chi connectivity index (χ3v) is 4.05. The number of hydrogen-bond donors (Lipinski definition) is 0. The summed E-state index contributed by atoms with van der Waals surface area (Å²) in [5.41, 5.74) is 1.60. The lowest BCUT2D eigenvalue weighted by Crippen LogP contribution is -1.95. The number of benzene rings is 2. The molecule has 0 radical (unpaired) electrons. The maximum absolute atomic E-state index is 13.5. The first-order valence-corrected chi connectivity index (χ1v) is 8.97. The van der Waals surface area contributed by atoms with Gasteiger partial charge in [0, 0.05) is 12.3 Å². The molecule has 150 valence electrons. The molecule has 8 nitrogen and oxygen atoms in total. The van der Waals surface area contributed by atoms with E-state index in [9.17, 15) is 4.39 Å². The molecule has 0 saturated carbocycles. The second kappa shape index (κ2) is 8.78. The van der Waals surface area contributed by atoms with Crippen LogP contribution in [0.3, 0.4) is 0 Å². The van der Waals surface area contributed by atoms with E-state index in [0.29, 0.717) is 22.4 Å². The van der Waals surface area contributed by atoms with E-state index in [-0.39, 0.29) is 23.2 Å². The second-order valence-electron chi connectivity index (χ2n) is 6.08. The molecule has 0 N–H and O–H groups in total. The fourth-order valence-electron chi connectivity index (χ4n) is 2.59. The van der Waals surface area contributed by atoms with Crippen molar-refractivity contribution < 1.29 is 13.9 Å². The summed E-state index contributed by atoms with van der Waals surface area (Å²) in [6.07, 6.45) is 1.39. The number of aromatic nitrogens is 3. The third kappa shape index (κ3) is 4.50. The molecule has 0 aliphatic heterocycles. The summed E-state index contributed by atoms with van der Waals surface area (Å²) in [5.74, 6) is 0.478. The van der Waals surface area contributed by atoms with Gasteiger partial charge in [-0.1, -0.05) is 12.1 Å². The van der Waals surface area contributed by atoms with Crippen LogP contribution >= 0.6 is 0 Å². The third-order valence-electron chi connectivity index (χ3n) is 4.05. The Morgan fingerprint density at radius 1 is 0.968 bits per heavy atom. The van der Waals surface area contributed by atoms with Crippen molar-refractivity contribution in [2.24, 2.45) is 9.98 Å². The second-order valence-corrected chi connectivity index (χ2v) is 6.08. The van der Waals surface area contributed by atoms with Crippen molar-refractivity contribution in [3.63, 3.8) is 0 Å². The van der Waals surface area contributed by atoms with Crippen molar-refractivity contribution in [2.45, 2.75) is 0 Å². The van der Waals surface area contributed by atoms with E-state index in [1.165, 1.54) is 31.5 Å². The zero-order valence-electron chi connectivity index (χ0n) is 16.2. The number of rotatable bonds is 5. The van der Waals surface area contributed by atoms with Crippen molar-refractivity contribution in [2.75, 3.05) is 7.11 Å². The molecule has 0 unspecified atom stereocenters. The number of ether oxygens (including phenoxy) is 2. The summed E-state index contributed by atoms with van der Waals surface area (Å²) in [5, 5.41) is 8.83. The first-order valence-electron chi connectivity index (χ1n) is 8.97. The average molecular weight is 412 g/mol. The molecule has 2 aromatic carbocycles. The minimum Gasteiger partial charge on any atom is -0.493 e. The minimum atomic E-state index is -0.464. The number of para-hydroxylation sites is 2. The van der Waals surface area contributed by atoms with E-state index < -0.39 is 5.82 Å². The van der Waals surface area contributed by atoms with Crippen molar-refractivity contribution in [1.82, 2.24) is 15.0 Å². The highest BCUT2D eigenvalue weighted by atomic mass is 19.1. The Kier molecular flexibility index (Phi) is 5.56. The van der Waals surface area contributed by atoms with Gasteiger partial charge in [-0.2, -0.15) is 15.2 Å². The molecule has 2 heterocycles. The first-order chi connectivity index (χ1) is 15.2. The topological polar surface area (TPSA) is 106 Å². The van der Waals surface area contributed by atoms with Crippen LogP contribution in [-0.2, 0) is 0 Å². The van der Waals surface area contributed by atoms with Crippen LogP contribution in [0.1, 0.15) is 5.56 Å². The molecule has 2 aromatic heterocycles. The van der Waals surface area contributed by atoms with Crippen LogP contribution in [0.25, 0.3) is 11.0 Å². The molecule has 0 aliphatic carbocycles. The maximum Gasteiger partial charge on any atom is 0.266 e. The Balaban J connectivity index is 1.74. The Morgan fingerprint density at radius 2 is 1.77 bits per heavy atom. The van der Waals surface area contributed by atoms with Gasteiger partial charge in [-0.05, 0) is 36.4 Å². The lowest BCUT2D eigenvalue weighted by atomic mass is 10.3. The Morgan fingerprint density at radius 3 is 2.48 bits per heavy atom. The van der Waals surface area contributed by atoms with Crippen LogP contribution in [0.2, 0.25) is 0 Å². The molecular formula is C22H13FN6O2. The number of nitriles is 1. The number of aliphatic imine (C=N–C) groups is 2. The van der Waals surface area contributed by atoms with Gasteiger partial charge in [0.2, 0.25) is 5.82 Å². The van der Waals surface area contributed by atoms with Crippen LogP contribution in [0.4, 0.5) is 16.0 Å². The molecule has 0 aliphatic rings. The van der Waals surface area contributed by atoms with Crippen molar-refractivity contribution in [3.8, 4) is 23.4 Å². The van der Waals surface area contributed by atoms with E-state index in [2.05, 4.69) is 30.9 Å². The lowest BCUT2D eigenvalue weighted by molar-refractivity contribution is 0.371. The number of halogens is 1. The monoisotopic (exact) mass is 412 g/mol. The molecule has 9 heteroatoms. The smallest absolute Gasteiger partial charge is 0.266 e. The number of nitrogens with zero attached hydrogens (tertiary/aromatic N) is 6. The average Bonchev–Trinajstić information content (AvgIpc) is 2.80. The molecule has 4 aromatic rings. The molecule has 31 heavy (non-hydrogen) atoms. The van der Waals surface area contributed by atoms with Crippen molar-refractivity contribution in [3.05, 3.63) is 72.2 Å². The summed E-state index contributed by atoms with van der Waals surface area (Å²) >= 11 is 0. The van der Waals surface area contributed by atoms with E-state index >= 15 is 0 Å². The van der Waals surface area contributed by atoms with E-state index in [1.807, 2.05) is 18.2 Å². The van der Waals surface area contributed by atoms with Gasteiger partial charge in [-0.15, -0.1) is 0 Å². The lowest BCUT2D eigenvalue weighted by Gasteiger charge is -2.11. The van der Waals surface area contributed by atoms with Crippen LogP contribution in [0.15, 0.2) is 70.8 Å². The van der Waals surface area contributed by atoms with E-state index in [4.69, 9.17) is 14.7 Å². The summed E-state index contributed by atoms with van der Waals surface area (Å²) < 4.78 is 24.5. The minimum absolute atomic E-state index is 0.0686. The Bertz CT molecular complexity index is 1360. The highest BCUT2D eigenvalue weighted by Crippen LogP contribution is 2.35. The SMILES string of the molecule is COc1cc(F)ccc1Oc1nc2ccccc2nc1N=C=Nc1ccc(C#N)cn1. The quantitative estimate of drug-likeness (QED) is 0.428. The standard InChI is InChI=1S/C22H13FN6O2/c1-30-19-10-15(23)7-8-18(19)31-22-21(28-16-4-2-3-5-17(16)29-22)27-13-26-20-9-6-14(11-24)12-25-20/h2-10,12H,1H3. The van der Waals surface area contributed by atoms with Gasteiger partial charge in [0.05, 0.1) is 23.7 Å². The molecule has 0 amide bonds. The highest BCUT2D eigenvalue weighted by molar-refractivity contribution is 5.77. The van der Waals surface area contributed by atoms with Crippen LogP contribution in [-0.4, -0.2) is 28.1 Å². The number of fused-ring (bicyclic) bond motifs is 1. The first kappa shape index (κ1) is 19.6. The van der Waals surface area contributed by atoms with Gasteiger partial charge in [0.25, 0.3) is 5.88 Å². The molecule has 0 saturated heterocycles. The van der Waals surface area contributed by atoms with Gasteiger partial charge >= 0.3 is 0 Å². The number of methoxy groups -OCH3 is 1. The summed E-state index contributed by atoms with van der Waals surface area (Å²) in [7, 11) is 1.41. The summed E-state index contributed by atoms with van der Waals surface area (Å²) in [4.78, 5) is 21.1. The van der Waals surface area contributed by atoms with Crippen LogP contribution in [0, 0.1) is 17.1 Å². The highest BCUT2D eigenvalue weighted by Gasteiger charge is 2.14. The molecule has 4 rings (SSSR count). The van der Waals surface area contributed by atoms with Crippen LogP contribution < -0.4 is 9.47 Å². The molecule has 0 spiro atoms. The normalized spacial score (nSPS) is 10.1. The largest absolute Gasteiger partial charge is 0.493 e. The van der Waals surface area contributed by atoms with E-state index in [1.54, 1.807) is 24.3 Å². The Hall–Kier alpha value is -4.67.